The van der Waals surface area contributed by atoms with Crippen LogP contribution >= 0.6 is 0 Å². The van der Waals surface area contributed by atoms with Crippen molar-refractivity contribution in [1.29, 1.82) is 0 Å². The molecule has 5 nitrogen and oxygen atoms in total. The molecule has 0 saturated heterocycles. The minimum Gasteiger partial charge on any atom is -0.336 e. The summed E-state index contributed by atoms with van der Waals surface area (Å²) in [6, 6.07) is 7.44. The maximum absolute atomic E-state index is 12.1. The lowest BCUT2D eigenvalue weighted by atomic mass is 10.1. The third-order valence-electron chi connectivity index (χ3n) is 2.73. The van der Waals surface area contributed by atoms with Crippen LogP contribution in [0, 0.1) is 0 Å². The maximum Gasteiger partial charge on any atom is 0.256 e. The van der Waals surface area contributed by atoms with E-state index < -0.39 is 0 Å². The number of para-hydroxylation sites is 1. The first kappa shape index (κ1) is 15.9. The highest BCUT2D eigenvalue weighted by Gasteiger charge is 2.23. The molecule has 0 bridgehead atoms. The van der Waals surface area contributed by atoms with Gasteiger partial charge in [0.25, 0.3) is 5.91 Å². The molecule has 1 aliphatic heterocycles. The maximum atomic E-state index is 12.1. The molecule has 2 heterocycles. The number of carbonyl (C=O) groups excluding carboxylic acids is 1. The largest absolute Gasteiger partial charge is 0.336 e. The molecule has 0 spiro atoms. The second-order valence-corrected chi connectivity index (χ2v) is 3.82. The van der Waals surface area contributed by atoms with Gasteiger partial charge in [-0.2, -0.15) is 0 Å². The molecule has 3 rings (SSSR count). The molecule has 0 unspecified atom stereocenters. The Morgan fingerprint density at radius 3 is 2.45 bits per heavy atom. The number of amides is 1. The molecule has 1 aliphatic rings. The summed E-state index contributed by atoms with van der Waals surface area (Å²) in [5.41, 5.74) is 2.37. The first-order chi connectivity index (χ1) is 9.77. The zero-order valence-electron chi connectivity index (χ0n) is 12.8. The Morgan fingerprint density at radius 1 is 1.10 bits per heavy atom. The van der Waals surface area contributed by atoms with Crippen LogP contribution in [0.25, 0.3) is 5.69 Å². The number of fused-ring (bicyclic) bond motifs is 3. The van der Waals surface area contributed by atoms with Gasteiger partial charge in [0.15, 0.2) is 0 Å². The van der Waals surface area contributed by atoms with Crippen molar-refractivity contribution in [1.82, 2.24) is 19.9 Å². The fourth-order valence-corrected chi connectivity index (χ4v) is 1.93. The molecular formula is C15H22N4O. The molecule has 108 valence electrons. The first-order valence-electron chi connectivity index (χ1n) is 7.02. The van der Waals surface area contributed by atoms with Crippen molar-refractivity contribution >= 4 is 5.91 Å². The van der Waals surface area contributed by atoms with Gasteiger partial charge in [-0.1, -0.05) is 45.0 Å². The van der Waals surface area contributed by atoms with Crippen molar-refractivity contribution in [2.45, 2.75) is 34.2 Å². The molecule has 20 heavy (non-hydrogen) atoms. The smallest absolute Gasteiger partial charge is 0.256 e. The van der Waals surface area contributed by atoms with Gasteiger partial charge in [-0.25, -0.2) is 4.68 Å². The molecule has 1 aromatic carbocycles. The van der Waals surface area contributed by atoms with E-state index in [1.165, 1.54) is 0 Å². The van der Waals surface area contributed by atoms with E-state index in [0.29, 0.717) is 12.1 Å². The molecule has 2 aromatic rings. The Morgan fingerprint density at radius 2 is 1.75 bits per heavy atom. The minimum atomic E-state index is 0.0149. The van der Waals surface area contributed by atoms with Crippen LogP contribution in [0.5, 0.6) is 0 Å². The van der Waals surface area contributed by atoms with Crippen molar-refractivity contribution in [2.75, 3.05) is 7.05 Å². The van der Waals surface area contributed by atoms with Crippen molar-refractivity contribution in [3.05, 3.63) is 41.7 Å². The summed E-state index contributed by atoms with van der Waals surface area (Å²) in [7, 11) is 1.78. The van der Waals surface area contributed by atoms with Crippen LogP contribution in [-0.4, -0.2) is 32.8 Å². The molecule has 0 aliphatic carbocycles. The van der Waals surface area contributed by atoms with Crippen LogP contribution in [0.15, 0.2) is 30.5 Å². The summed E-state index contributed by atoms with van der Waals surface area (Å²) in [4.78, 5) is 13.7. The van der Waals surface area contributed by atoms with Gasteiger partial charge in [0.1, 0.15) is 0 Å². The van der Waals surface area contributed by atoms with E-state index in [2.05, 4.69) is 10.3 Å². The predicted molar refractivity (Wildman–Crippen MR) is 79.9 cm³/mol. The van der Waals surface area contributed by atoms with Crippen LogP contribution in [-0.2, 0) is 6.54 Å². The Kier molecular flexibility index (Phi) is 5.90. The minimum absolute atomic E-state index is 0.0149. The molecule has 5 heteroatoms. The van der Waals surface area contributed by atoms with E-state index in [1.54, 1.807) is 22.8 Å². The fourth-order valence-electron chi connectivity index (χ4n) is 1.93. The Hall–Kier alpha value is -2.17. The third kappa shape index (κ3) is 2.87. The Balaban J connectivity index is 0.000000461. The number of hydrogen-bond acceptors (Lipinski definition) is 3. The monoisotopic (exact) mass is 274 g/mol. The van der Waals surface area contributed by atoms with Gasteiger partial charge in [0, 0.05) is 7.05 Å². The zero-order chi connectivity index (χ0) is 15.1. The zero-order valence-corrected chi connectivity index (χ0v) is 12.8. The number of hydrogen-bond donors (Lipinski definition) is 0. The van der Waals surface area contributed by atoms with E-state index in [-0.39, 0.29) is 5.91 Å². The predicted octanol–water partition coefficient (Wildman–Crippen LogP) is 2.91. The third-order valence-corrected chi connectivity index (χ3v) is 2.73. The van der Waals surface area contributed by atoms with Gasteiger partial charge in [-0.05, 0) is 12.1 Å². The van der Waals surface area contributed by atoms with E-state index in [9.17, 15) is 4.79 Å². The lowest BCUT2D eigenvalue weighted by molar-refractivity contribution is 0.0788. The number of carbonyl (C=O) groups is 1. The second-order valence-electron chi connectivity index (χ2n) is 3.82. The van der Waals surface area contributed by atoms with Crippen LogP contribution in [0.1, 0.15) is 43.7 Å². The van der Waals surface area contributed by atoms with Crippen molar-refractivity contribution in [2.24, 2.45) is 0 Å². The summed E-state index contributed by atoms with van der Waals surface area (Å²) < 4.78 is 1.72. The lowest BCUT2D eigenvalue weighted by Gasteiger charge is -2.13. The number of aromatic nitrogens is 3. The van der Waals surface area contributed by atoms with Crippen LogP contribution < -0.4 is 0 Å². The van der Waals surface area contributed by atoms with Crippen molar-refractivity contribution < 1.29 is 4.79 Å². The molecule has 0 N–H and O–H groups in total. The first-order valence-corrected chi connectivity index (χ1v) is 7.02. The normalized spacial score (nSPS) is 12.1. The van der Waals surface area contributed by atoms with Crippen molar-refractivity contribution in [3.8, 4) is 5.69 Å². The van der Waals surface area contributed by atoms with Crippen LogP contribution in [0.4, 0.5) is 0 Å². The molecule has 0 fully saturated rings. The topological polar surface area (TPSA) is 51.0 Å². The van der Waals surface area contributed by atoms with E-state index in [1.807, 2.05) is 52.0 Å². The highest BCUT2D eigenvalue weighted by Crippen LogP contribution is 2.21. The van der Waals surface area contributed by atoms with Gasteiger partial charge >= 0.3 is 0 Å². The Bertz CT molecular complexity index is 563. The standard InChI is InChI=1S/C11H10N4O.2C2H6/c1-14-7-8-6-12-13-15(8)10-5-3-2-4-9(10)11(14)16;2*1-2/h2-6H,7H2,1H3;2*1-2H3. The Labute approximate surface area is 120 Å². The van der Waals surface area contributed by atoms with Gasteiger partial charge < -0.3 is 4.90 Å². The fraction of sp³-hybridized carbons (Fsp3) is 0.400. The number of rotatable bonds is 0. The molecule has 0 saturated carbocycles. The van der Waals surface area contributed by atoms with E-state index >= 15 is 0 Å². The molecule has 1 aromatic heterocycles. The summed E-state index contributed by atoms with van der Waals surface area (Å²) in [5, 5.41) is 7.89. The van der Waals surface area contributed by atoms with Gasteiger partial charge in [-0.15, -0.1) is 5.10 Å². The summed E-state index contributed by atoms with van der Waals surface area (Å²) >= 11 is 0. The molecule has 0 atom stereocenters. The van der Waals surface area contributed by atoms with Gasteiger partial charge in [-0.3, -0.25) is 4.79 Å². The SMILES string of the molecule is CC.CC.CN1Cc2cnnn2-c2ccccc2C1=O. The van der Waals surface area contributed by atoms with Crippen LogP contribution in [0.3, 0.4) is 0 Å². The highest BCUT2D eigenvalue weighted by atomic mass is 16.2. The summed E-state index contributed by atoms with van der Waals surface area (Å²) in [6.07, 6.45) is 1.69. The van der Waals surface area contributed by atoms with Gasteiger partial charge in [0.2, 0.25) is 0 Å². The number of nitrogens with zero attached hydrogens (tertiary/aromatic N) is 4. The summed E-state index contributed by atoms with van der Waals surface area (Å²) in [6.45, 7) is 8.53. The average molecular weight is 274 g/mol. The molecule has 1 amide bonds. The van der Waals surface area contributed by atoms with E-state index in [4.69, 9.17) is 0 Å². The van der Waals surface area contributed by atoms with Crippen LogP contribution in [0.2, 0.25) is 0 Å². The van der Waals surface area contributed by atoms with Crippen molar-refractivity contribution in [3.63, 3.8) is 0 Å². The lowest BCUT2D eigenvalue weighted by Crippen LogP contribution is -2.24. The molecule has 0 radical (unpaired) electrons. The second kappa shape index (κ2) is 7.43. The van der Waals surface area contributed by atoms with E-state index in [0.717, 1.165) is 11.4 Å². The van der Waals surface area contributed by atoms with Gasteiger partial charge in [0.05, 0.1) is 29.7 Å². The quantitative estimate of drug-likeness (QED) is 0.742. The summed E-state index contributed by atoms with van der Waals surface area (Å²) in [5.74, 6) is 0.0149. The molecular weight excluding hydrogens is 252 g/mol. The number of benzene rings is 1. The highest BCUT2D eigenvalue weighted by molar-refractivity contribution is 5.98. The average Bonchev–Trinajstić information content (AvgIpc) is 2.95.